The number of amides is 2. The monoisotopic (exact) mass is 704 g/mol. The summed E-state index contributed by atoms with van der Waals surface area (Å²) >= 11 is 0. The number of hydrogen-bond acceptors (Lipinski definition) is 12. The van der Waals surface area contributed by atoms with Crippen LogP contribution in [0.1, 0.15) is 92.9 Å². The molecule has 0 radical (unpaired) electrons. The van der Waals surface area contributed by atoms with Gasteiger partial charge in [0.25, 0.3) is 5.91 Å². The van der Waals surface area contributed by atoms with Crippen LogP contribution in [0, 0.1) is 17.8 Å². The van der Waals surface area contributed by atoms with E-state index in [9.17, 15) is 35.1 Å². The molecule has 0 spiro atoms. The summed E-state index contributed by atoms with van der Waals surface area (Å²) in [6, 6.07) is -1.08. The lowest BCUT2D eigenvalue weighted by atomic mass is 9.85. The standard InChI is InChI=1S/C35H64N2O12/c1-9-19(4)31(49-35-30(43)29(42)27(40)20(5)45-35)23(15-18(2)3)47-34-26(36-21(6)39)32(28(41)25(17-38)48-34)46-24(33(44)37(7)8)16-22-13-11-10-12-14-22/h18-20,22-32,34-35,38,40-43H,9-17H2,1-8H3,(H,36,39)/t19-,20?,23?,24-,25-,26?,27?,28?,29?,30?,31?,32?,34+,35?/m0/s1. The van der Waals surface area contributed by atoms with Crippen LogP contribution in [0.2, 0.25) is 0 Å². The fraction of sp³-hybridized carbons (Fsp3) is 0.943. The van der Waals surface area contributed by atoms with Crippen LogP contribution in [0.25, 0.3) is 0 Å². The van der Waals surface area contributed by atoms with Gasteiger partial charge in [0.05, 0.1) is 24.9 Å². The minimum atomic E-state index is -1.53. The molecule has 1 aliphatic carbocycles. The molecule has 10 unspecified atom stereocenters. The third-order valence-electron chi connectivity index (χ3n) is 10.2. The smallest absolute Gasteiger partial charge is 0.251 e. The Balaban J connectivity index is 1.98. The van der Waals surface area contributed by atoms with Gasteiger partial charge in [0.15, 0.2) is 12.6 Å². The molecule has 14 heteroatoms. The molecule has 3 fully saturated rings. The number of aliphatic hydroxyl groups is 5. The fourth-order valence-corrected chi connectivity index (χ4v) is 7.16. The Hall–Kier alpha value is -1.46. The summed E-state index contributed by atoms with van der Waals surface area (Å²) in [5, 5.41) is 56.1. The third kappa shape index (κ3) is 11.3. The first-order valence-corrected chi connectivity index (χ1v) is 18.2. The van der Waals surface area contributed by atoms with E-state index in [1.807, 2.05) is 27.7 Å². The van der Waals surface area contributed by atoms with Crippen molar-refractivity contribution in [2.75, 3.05) is 20.7 Å². The predicted octanol–water partition coefficient (Wildman–Crippen LogP) is 1.07. The first kappa shape index (κ1) is 42.0. The number of aliphatic hydroxyl groups excluding tert-OH is 5. The number of carbonyl (C=O) groups is 2. The molecule has 286 valence electrons. The molecule has 2 amide bonds. The molecule has 2 aliphatic heterocycles. The second kappa shape index (κ2) is 19.4. The second-order valence-electron chi connectivity index (χ2n) is 15.0. The summed E-state index contributed by atoms with van der Waals surface area (Å²) in [7, 11) is 3.29. The molecular weight excluding hydrogens is 640 g/mol. The van der Waals surface area contributed by atoms with Crippen LogP contribution in [0.15, 0.2) is 0 Å². The van der Waals surface area contributed by atoms with Gasteiger partial charge in [-0.2, -0.15) is 0 Å². The maximum Gasteiger partial charge on any atom is 0.251 e. The number of nitrogens with one attached hydrogen (secondary N) is 1. The average Bonchev–Trinajstić information content (AvgIpc) is 3.05. The largest absolute Gasteiger partial charge is 0.394 e. The highest BCUT2D eigenvalue weighted by Gasteiger charge is 2.51. The summed E-state index contributed by atoms with van der Waals surface area (Å²) in [6.07, 6.45) is -7.00. The van der Waals surface area contributed by atoms with E-state index in [-0.39, 0.29) is 23.7 Å². The van der Waals surface area contributed by atoms with Crippen molar-refractivity contribution in [3.05, 3.63) is 0 Å². The van der Waals surface area contributed by atoms with Crippen LogP contribution < -0.4 is 5.32 Å². The van der Waals surface area contributed by atoms with E-state index in [1.54, 1.807) is 21.0 Å². The molecule has 2 saturated heterocycles. The molecule has 0 aromatic rings. The number of carbonyl (C=O) groups excluding carboxylic acids is 2. The second-order valence-corrected chi connectivity index (χ2v) is 15.0. The van der Waals surface area contributed by atoms with Crippen molar-refractivity contribution in [3.8, 4) is 0 Å². The van der Waals surface area contributed by atoms with Crippen molar-refractivity contribution in [2.24, 2.45) is 17.8 Å². The molecule has 0 bridgehead atoms. The molecule has 2 heterocycles. The molecule has 49 heavy (non-hydrogen) atoms. The molecule has 3 aliphatic rings. The van der Waals surface area contributed by atoms with Crippen molar-refractivity contribution in [3.63, 3.8) is 0 Å². The van der Waals surface area contributed by atoms with E-state index < -0.39 is 92.2 Å². The molecule has 0 aromatic carbocycles. The normalized spacial score (nSPS) is 35.4. The summed E-state index contributed by atoms with van der Waals surface area (Å²) in [4.78, 5) is 27.6. The first-order valence-electron chi connectivity index (χ1n) is 18.2. The van der Waals surface area contributed by atoms with Gasteiger partial charge in [-0.3, -0.25) is 9.59 Å². The summed E-state index contributed by atoms with van der Waals surface area (Å²) < 4.78 is 31.5. The highest BCUT2D eigenvalue weighted by atomic mass is 16.7. The number of nitrogens with zero attached hydrogens (tertiary/aromatic N) is 1. The van der Waals surface area contributed by atoms with Gasteiger partial charge in [-0.05, 0) is 37.5 Å². The van der Waals surface area contributed by atoms with E-state index in [4.69, 9.17) is 23.7 Å². The fourth-order valence-electron chi connectivity index (χ4n) is 7.16. The van der Waals surface area contributed by atoms with Gasteiger partial charge in [-0.1, -0.05) is 66.2 Å². The van der Waals surface area contributed by atoms with Crippen LogP contribution in [0.4, 0.5) is 0 Å². The van der Waals surface area contributed by atoms with Crippen LogP contribution >= 0.6 is 0 Å². The minimum absolute atomic E-state index is 0.0790. The summed E-state index contributed by atoms with van der Waals surface area (Å²) in [5.41, 5.74) is 0. The Labute approximate surface area is 291 Å². The lowest BCUT2D eigenvalue weighted by Gasteiger charge is -2.47. The molecule has 6 N–H and O–H groups in total. The van der Waals surface area contributed by atoms with Crippen molar-refractivity contribution < 1.29 is 58.8 Å². The zero-order valence-electron chi connectivity index (χ0n) is 30.6. The summed E-state index contributed by atoms with van der Waals surface area (Å²) in [5.74, 6) is -0.521. The maximum atomic E-state index is 13.5. The Morgan fingerprint density at radius 2 is 1.55 bits per heavy atom. The first-order chi connectivity index (χ1) is 23.1. The maximum absolute atomic E-state index is 13.5. The third-order valence-corrected chi connectivity index (χ3v) is 10.2. The van der Waals surface area contributed by atoms with Gasteiger partial charge >= 0.3 is 0 Å². The number of rotatable bonds is 16. The van der Waals surface area contributed by atoms with E-state index in [0.717, 1.165) is 32.1 Å². The van der Waals surface area contributed by atoms with Gasteiger partial charge in [-0.15, -0.1) is 0 Å². The van der Waals surface area contributed by atoms with E-state index >= 15 is 0 Å². The quantitative estimate of drug-likeness (QED) is 0.134. The topological polar surface area (TPSA) is 197 Å². The van der Waals surface area contributed by atoms with E-state index in [2.05, 4.69) is 5.32 Å². The number of ether oxygens (including phenoxy) is 5. The SMILES string of the molecule is CC[C@H](C)C(OC1OC(C)C(O)C(O)C1O)C(CC(C)C)O[C@@H]1O[C@@H](CO)C(O)C(O[C@@H](CC2CCCCC2)C(=O)N(C)C)C1NC(C)=O. The Kier molecular flexibility index (Phi) is 16.6. The van der Waals surface area contributed by atoms with Crippen molar-refractivity contribution in [1.82, 2.24) is 10.2 Å². The zero-order chi connectivity index (χ0) is 36.6. The molecule has 0 aromatic heterocycles. The van der Waals surface area contributed by atoms with Gasteiger partial charge < -0.3 is 59.4 Å². The van der Waals surface area contributed by atoms with E-state index in [0.29, 0.717) is 19.3 Å². The van der Waals surface area contributed by atoms with Crippen LogP contribution in [0.3, 0.4) is 0 Å². The Bertz CT molecular complexity index is 1010. The molecule has 3 rings (SSSR count). The highest BCUT2D eigenvalue weighted by Crippen LogP contribution is 2.35. The van der Waals surface area contributed by atoms with Crippen molar-refractivity contribution >= 4 is 11.8 Å². The molecular formula is C35H64N2O12. The van der Waals surface area contributed by atoms with Crippen LogP contribution in [-0.4, -0.2) is 143 Å². The van der Waals surface area contributed by atoms with Gasteiger partial charge in [-0.25, -0.2) is 0 Å². The minimum Gasteiger partial charge on any atom is -0.394 e. The number of hydrogen-bond donors (Lipinski definition) is 6. The van der Waals surface area contributed by atoms with E-state index in [1.165, 1.54) is 11.8 Å². The predicted molar refractivity (Wildman–Crippen MR) is 179 cm³/mol. The van der Waals surface area contributed by atoms with Gasteiger partial charge in [0.2, 0.25) is 5.91 Å². The summed E-state index contributed by atoms with van der Waals surface area (Å²) in [6.45, 7) is 10.2. The average molecular weight is 705 g/mol. The lowest BCUT2D eigenvalue weighted by molar-refractivity contribution is -0.334. The molecule has 1 saturated carbocycles. The van der Waals surface area contributed by atoms with Crippen LogP contribution in [-0.2, 0) is 33.3 Å². The lowest BCUT2D eigenvalue weighted by Crippen LogP contribution is -2.67. The zero-order valence-corrected chi connectivity index (χ0v) is 30.6. The van der Waals surface area contributed by atoms with Gasteiger partial charge in [0.1, 0.15) is 48.8 Å². The van der Waals surface area contributed by atoms with Crippen molar-refractivity contribution in [2.45, 2.75) is 173 Å². The Morgan fingerprint density at radius 1 is 0.898 bits per heavy atom. The highest BCUT2D eigenvalue weighted by molar-refractivity contribution is 5.80. The number of likely N-dealkylation sites (N-methyl/N-ethyl adjacent to an activating group) is 1. The van der Waals surface area contributed by atoms with Gasteiger partial charge in [0, 0.05) is 21.0 Å². The van der Waals surface area contributed by atoms with Crippen LogP contribution in [0.5, 0.6) is 0 Å². The van der Waals surface area contributed by atoms with Crippen molar-refractivity contribution in [1.29, 1.82) is 0 Å². The Morgan fingerprint density at radius 3 is 2.10 bits per heavy atom. The molecule has 14 atom stereocenters. The molecule has 14 nitrogen and oxygen atoms in total.